The van der Waals surface area contributed by atoms with Gasteiger partial charge in [0, 0.05) is 18.3 Å². The SMILES string of the molecule is CNCCCS(=O)(=O)NCCc1csc(C)n1. The fourth-order valence-electron chi connectivity index (χ4n) is 1.37. The molecule has 0 amide bonds. The average molecular weight is 277 g/mol. The molecule has 0 bridgehead atoms. The fraction of sp³-hybridized carbons (Fsp3) is 0.700. The smallest absolute Gasteiger partial charge is 0.211 e. The molecule has 0 aliphatic carbocycles. The number of aryl methyl sites for hydroxylation is 1. The second-order valence-corrected chi connectivity index (χ2v) is 6.77. The summed E-state index contributed by atoms with van der Waals surface area (Å²) >= 11 is 1.58. The van der Waals surface area contributed by atoms with Crippen LogP contribution in [0.3, 0.4) is 0 Å². The van der Waals surface area contributed by atoms with Crippen molar-refractivity contribution in [1.29, 1.82) is 0 Å². The lowest BCUT2D eigenvalue weighted by molar-refractivity contribution is 0.577. The Labute approximate surface area is 107 Å². The van der Waals surface area contributed by atoms with E-state index in [1.165, 1.54) is 0 Å². The molecule has 0 unspecified atom stereocenters. The standard InChI is InChI=1S/C10H19N3O2S2/c1-9-13-10(8-16-9)4-6-12-17(14,15)7-3-5-11-2/h8,11-12H,3-7H2,1-2H3. The zero-order chi connectivity index (χ0) is 12.7. The van der Waals surface area contributed by atoms with Crippen LogP contribution in [0.1, 0.15) is 17.1 Å². The molecule has 1 rings (SSSR count). The van der Waals surface area contributed by atoms with Crippen LogP contribution >= 0.6 is 11.3 Å². The highest BCUT2D eigenvalue weighted by Crippen LogP contribution is 2.07. The van der Waals surface area contributed by atoms with Crippen molar-refractivity contribution >= 4 is 21.4 Å². The maximum atomic E-state index is 11.5. The van der Waals surface area contributed by atoms with Gasteiger partial charge in [-0.05, 0) is 26.9 Å². The second-order valence-electron chi connectivity index (χ2n) is 3.78. The number of nitrogens with zero attached hydrogens (tertiary/aromatic N) is 1. The van der Waals surface area contributed by atoms with Gasteiger partial charge >= 0.3 is 0 Å². The predicted molar refractivity (Wildman–Crippen MR) is 70.9 cm³/mol. The van der Waals surface area contributed by atoms with Gasteiger partial charge in [-0.1, -0.05) is 0 Å². The van der Waals surface area contributed by atoms with Crippen LogP contribution in [0.4, 0.5) is 0 Å². The molecule has 0 aliphatic rings. The van der Waals surface area contributed by atoms with E-state index in [9.17, 15) is 8.42 Å². The van der Waals surface area contributed by atoms with Gasteiger partial charge in [0.2, 0.25) is 10.0 Å². The zero-order valence-corrected chi connectivity index (χ0v) is 11.8. The zero-order valence-electron chi connectivity index (χ0n) is 10.2. The van der Waals surface area contributed by atoms with Crippen LogP contribution in [-0.2, 0) is 16.4 Å². The van der Waals surface area contributed by atoms with Gasteiger partial charge in [0.1, 0.15) is 0 Å². The monoisotopic (exact) mass is 277 g/mol. The third-order valence-electron chi connectivity index (χ3n) is 2.21. The van der Waals surface area contributed by atoms with Crippen LogP contribution in [0.2, 0.25) is 0 Å². The summed E-state index contributed by atoms with van der Waals surface area (Å²) in [4.78, 5) is 4.28. The summed E-state index contributed by atoms with van der Waals surface area (Å²) < 4.78 is 25.7. The first kappa shape index (κ1) is 14.6. The lowest BCUT2D eigenvalue weighted by Gasteiger charge is -2.05. The largest absolute Gasteiger partial charge is 0.320 e. The molecule has 1 heterocycles. The topological polar surface area (TPSA) is 71.1 Å². The number of sulfonamides is 1. The van der Waals surface area contributed by atoms with Crippen molar-refractivity contribution < 1.29 is 8.42 Å². The number of thiazole rings is 1. The van der Waals surface area contributed by atoms with E-state index >= 15 is 0 Å². The number of nitrogens with one attached hydrogen (secondary N) is 2. The Morgan fingerprint density at radius 1 is 1.41 bits per heavy atom. The molecule has 0 aromatic carbocycles. The third-order valence-corrected chi connectivity index (χ3v) is 4.50. The van der Waals surface area contributed by atoms with Crippen molar-refractivity contribution in [2.75, 3.05) is 25.9 Å². The van der Waals surface area contributed by atoms with Gasteiger partial charge < -0.3 is 5.32 Å². The summed E-state index contributed by atoms with van der Waals surface area (Å²) in [5.41, 5.74) is 0.949. The number of hydrogen-bond acceptors (Lipinski definition) is 5. The summed E-state index contributed by atoms with van der Waals surface area (Å²) in [5, 5.41) is 5.90. The summed E-state index contributed by atoms with van der Waals surface area (Å²) in [6.07, 6.45) is 1.28. The van der Waals surface area contributed by atoms with Crippen LogP contribution in [0.25, 0.3) is 0 Å². The molecular weight excluding hydrogens is 258 g/mol. The van der Waals surface area contributed by atoms with Crippen LogP contribution in [0, 0.1) is 6.92 Å². The Bertz CT molecular complexity index is 429. The van der Waals surface area contributed by atoms with Gasteiger partial charge in [-0.25, -0.2) is 18.1 Å². The van der Waals surface area contributed by atoms with Crippen LogP contribution in [0.15, 0.2) is 5.38 Å². The molecule has 0 spiro atoms. The van der Waals surface area contributed by atoms with Crippen molar-refractivity contribution in [3.05, 3.63) is 16.1 Å². The Morgan fingerprint density at radius 3 is 2.76 bits per heavy atom. The molecule has 0 saturated heterocycles. The van der Waals surface area contributed by atoms with Crippen molar-refractivity contribution in [3.8, 4) is 0 Å². The first-order valence-corrected chi connectivity index (χ1v) is 8.09. The first-order valence-electron chi connectivity index (χ1n) is 5.56. The van der Waals surface area contributed by atoms with E-state index in [2.05, 4.69) is 15.0 Å². The van der Waals surface area contributed by atoms with E-state index in [-0.39, 0.29) is 5.75 Å². The molecule has 0 atom stereocenters. The highest BCUT2D eigenvalue weighted by Gasteiger charge is 2.09. The minimum Gasteiger partial charge on any atom is -0.320 e. The van der Waals surface area contributed by atoms with Crippen molar-refractivity contribution in [3.63, 3.8) is 0 Å². The maximum Gasteiger partial charge on any atom is 0.211 e. The molecule has 17 heavy (non-hydrogen) atoms. The van der Waals surface area contributed by atoms with Crippen molar-refractivity contribution in [2.24, 2.45) is 0 Å². The Balaban J connectivity index is 2.25. The molecule has 2 N–H and O–H groups in total. The Morgan fingerprint density at radius 2 is 2.18 bits per heavy atom. The van der Waals surface area contributed by atoms with Crippen LogP contribution in [-0.4, -0.2) is 39.3 Å². The van der Waals surface area contributed by atoms with Crippen molar-refractivity contribution in [1.82, 2.24) is 15.0 Å². The molecule has 7 heteroatoms. The highest BCUT2D eigenvalue weighted by molar-refractivity contribution is 7.89. The lowest BCUT2D eigenvalue weighted by atomic mass is 10.3. The summed E-state index contributed by atoms with van der Waals surface area (Å²) in [6, 6.07) is 0. The van der Waals surface area contributed by atoms with E-state index < -0.39 is 10.0 Å². The molecule has 0 radical (unpaired) electrons. The first-order chi connectivity index (χ1) is 8.03. The van der Waals surface area contributed by atoms with E-state index in [1.54, 1.807) is 11.3 Å². The molecule has 1 aromatic rings. The molecule has 0 saturated carbocycles. The molecule has 1 aromatic heterocycles. The van der Waals surface area contributed by atoms with Crippen LogP contribution < -0.4 is 10.0 Å². The summed E-state index contributed by atoms with van der Waals surface area (Å²) in [7, 11) is -1.32. The summed E-state index contributed by atoms with van der Waals surface area (Å²) in [6.45, 7) is 3.08. The Hall–Kier alpha value is -0.500. The quantitative estimate of drug-likeness (QED) is 0.680. The number of hydrogen-bond donors (Lipinski definition) is 2. The third kappa shape index (κ3) is 6.11. The normalized spacial score (nSPS) is 11.9. The van der Waals surface area contributed by atoms with Gasteiger partial charge in [0.25, 0.3) is 0 Å². The summed E-state index contributed by atoms with van der Waals surface area (Å²) in [5.74, 6) is 0.171. The van der Waals surface area contributed by atoms with E-state index in [0.29, 0.717) is 25.9 Å². The lowest BCUT2D eigenvalue weighted by Crippen LogP contribution is -2.29. The fourth-order valence-corrected chi connectivity index (χ4v) is 3.10. The van der Waals surface area contributed by atoms with Gasteiger partial charge in [-0.15, -0.1) is 11.3 Å². The highest BCUT2D eigenvalue weighted by atomic mass is 32.2. The van der Waals surface area contributed by atoms with E-state index in [1.807, 2.05) is 19.4 Å². The molecular formula is C10H19N3O2S2. The van der Waals surface area contributed by atoms with E-state index in [0.717, 1.165) is 10.7 Å². The van der Waals surface area contributed by atoms with Gasteiger partial charge in [-0.3, -0.25) is 0 Å². The van der Waals surface area contributed by atoms with Gasteiger partial charge in [-0.2, -0.15) is 0 Å². The molecule has 5 nitrogen and oxygen atoms in total. The van der Waals surface area contributed by atoms with Gasteiger partial charge in [0.15, 0.2) is 0 Å². The molecule has 98 valence electrons. The van der Waals surface area contributed by atoms with Crippen molar-refractivity contribution in [2.45, 2.75) is 19.8 Å². The maximum absolute atomic E-state index is 11.5. The van der Waals surface area contributed by atoms with E-state index in [4.69, 9.17) is 0 Å². The van der Waals surface area contributed by atoms with Crippen LogP contribution in [0.5, 0.6) is 0 Å². The molecule has 0 fully saturated rings. The van der Waals surface area contributed by atoms with Gasteiger partial charge in [0.05, 0.1) is 16.5 Å². The number of aromatic nitrogens is 1. The molecule has 0 aliphatic heterocycles. The minimum atomic E-state index is -3.13. The number of rotatable bonds is 8. The minimum absolute atomic E-state index is 0.171. The second kappa shape index (κ2) is 7.05. The Kier molecular flexibility index (Phi) is 6.04. The average Bonchev–Trinajstić information content (AvgIpc) is 2.64. The predicted octanol–water partition coefficient (Wildman–Crippen LogP) is 0.523.